The lowest BCUT2D eigenvalue weighted by Crippen LogP contribution is -2.08. The second kappa shape index (κ2) is 6.30. The zero-order chi connectivity index (χ0) is 14.5. The van der Waals surface area contributed by atoms with Crippen molar-refractivity contribution in [1.82, 2.24) is 0 Å². The summed E-state index contributed by atoms with van der Waals surface area (Å²) in [5.41, 5.74) is 1.20. The first-order valence-electron chi connectivity index (χ1n) is 6.21. The molecule has 0 saturated carbocycles. The third kappa shape index (κ3) is 3.90. The summed E-state index contributed by atoms with van der Waals surface area (Å²) in [7, 11) is 0. The van der Waals surface area contributed by atoms with E-state index in [1.165, 1.54) is 17.9 Å². The molecular formula is C16H15NO2S. The van der Waals surface area contributed by atoms with Gasteiger partial charge in [0, 0.05) is 27.1 Å². The molecule has 0 aliphatic heterocycles. The van der Waals surface area contributed by atoms with Crippen molar-refractivity contribution >= 4 is 34.8 Å². The van der Waals surface area contributed by atoms with E-state index < -0.39 is 0 Å². The van der Waals surface area contributed by atoms with Crippen molar-refractivity contribution in [3.8, 4) is 0 Å². The van der Waals surface area contributed by atoms with Crippen LogP contribution in [0.15, 0.2) is 42.5 Å². The van der Waals surface area contributed by atoms with Gasteiger partial charge in [-0.3, -0.25) is 9.59 Å². The quantitative estimate of drug-likeness (QED) is 0.684. The molecule has 3 nitrogen and oxygen atoms in total. The van der Waals surface area contributed by atoms with Crippen LogP contribution in [0.3, 0.4) is 0 Å². The standard InChI is InChI=1S/C16H15NO2S/c1-11-6-7-15(20-11)8-9-16(19)17-14-5-3-4-13(10-14)12(2)18/h3-10H,1-2H3,(H,17,19)/b9-8+. The number of nitrogens with one attached hydrogen (secondary N) is 1. The van der Waals surface area contributed by atoms with Gasteiger partial charge in [-0.15, -0.1) is 11.3 Å². The number of carbonyl (C=O) groups excluding carboxylic acids is 2. The molecule has 0 radical (unpaired) electrons. The highest BCUT2D eigenvalue weighted by Crippen LogP contribution is 2.16. The topological polar surface area (TPSA) is 46.2 Å². The summed E-state index contributed by atoms with van der Waals surface area (Å²) >= 11 is 1.63. The summed E-state index contributed by atoms with van der Waals surface area (Å²) in [6.07, 6.45) is 3.27. The number of thiophene rings is 1. The van der Waals surface area contributed by atoms with E-state index in [9.17, 15) is 9.59 Å². The van der Waals surface area contributed by atoms with Gasteiger partial charge in [-0.25, -0.2) is 0 Å². The highest BCUT2D eigenvalue weighted by molar-refractivity contribution is 7.12. The van der Waals surface area contributed by atoms with Gasteiger partial charge >= 0.3 is 0 Å². The maximum atomic E-state index is 11.8. The van der Waals surface area contributed by atoms with Crippen LogP contribution >= 0.6 is 11.3 Å². The van der Waals surface area contributed by atoms with E-state index in [1.54, 1.807) is 41.7 Å². The number of hydrogen-bond donors (Lipinski definition) is 1. The van der Waals surface area contributed by atoms with Gasteiger partial charge in [-0.05, 0) is 44.2 Å². The average Bonchev–Trinajstić information content (AvgIpc) is 2.82. The minimum absolute atomic E-state index is 0.0225. The number of Topliss-reactive ketones (excluding diaryl/α,β-unsaturated/α-hetero) is 1. The largest absolute Gasteiger partial charge is 0.322 e. The number of rotatable bonds is 4. The summed E-state index contributed by atoms with van der Waals surface area (Å²) in [5, 5.41) is 2.74. The van der Waals surface area contributed by atoms with Crippen LogP contribution in [0.4, 0.5) is 5.69 Å². The predicted molar refractivity (Wildman–Crippen MR) is 83.2 cm³/mol. The lowest BCUT2D eigenvalue weighted by Gasteiger charge is -2.03. The zero-order valence-electron chi connectivity index (χ0n) is 11.3. The maximum absolute atomic E-state index is 11.8. The van der Waals surface area contributed by atoms with Crippen LogP contribution in [0.25, 0.3) is 6.08 Å². The van der Waals surface area contributed by atoms with Crippen LogP contribution in [-0.4, -0.2) is 11.7 Å². The number of aryl methyl sites for hydroxylation is 1. The highest BCUT2D eigenvalue weighted by Gasteiger charge is 2.02. The monoisotopic (exact) mass is 285 g/mol. The summed E-state index contributed by atoms with van der Waals surface area (Å²) in [4.78, 5) is 25.3. The van der Waals surface area contributed by atoms with E-state index >= 15 is 0 Å². The molecule has 2 rings (SSSR count). The average molecular weight is 285 g/mol. The first-order chi connectivity index (χ1) is 9.54. The van der Waals surface area contributed by atoms with Crippen molar-refractivity contribution in [1.29, 1.82) is 0 Å². The van der Waals surface area contributed by atoms with Crippen LogP contribution < -0.4 is 5.32 Å². The first kappa shape index (κ1) is 14.2. The molecule has 0 spiro atoms. The molecule has 0 fully saturated rings. The Morgan fingerprint density at radius 2 is 2.00 bits per heavy atom. The number of hydrogen-bond acceptors (Lipinski definition) is 3. The summed E-state index contributed by atoms with van der Waals surface area (Å²) in [5.74, 6) is -0.234. The van der Waals surface area contributed by atoms with E-state index in [1.807, 2.05) is 19.1 Å². The normalized spacial score (nSPS) is 10.7. The van der Waals surface area contributed by atoms with Gasteiger partial charge in [-0.2, -0.15) is 0 Å². The molecule has 1 amide bonds. The number of carbonyl (C=O) groups is 2. The molecule has 0 aliphatic carbocycles. The van der Waals surface area contributed by atoms with Crippen LogP contribution in [0.1, 0.15) is 27.0 Å². The van der Waals surface area contributed by atoms with Gasteiger partial charge in [-0.1, -0.05) is 12.1 Å². The molecule has 1 aromatic carbocycles. The van der Waals surface area contributed by atoms with Crippen molar-refractivity contribution in [2.75, 3.05) is 5.32 Å². The Morgan fingerprint density at radius 1 is 1.20 bits per heavy atom. The van der Waals surface area contributed by atoms with Crippen molar-refractivity contribution in [3.63, 3.8) is 0 Å². The van der Waals surface area contributed by atoms with Gasteiger partial charge in [0.2, 0.25) is 5.91 Å². The second-order valence-corrected chi connectivity index (χ2v) is 5.73. The number of anilines is 1. The Labute approximate surface area is 122 Å². The van der Waals surface area contributed by atoms with Gasteiger partial charge in [0.15, 0.2) is 5.78 Å². The van der Waals surface area contributed by atoms with E-state index in [0.717, 1.165) is 4.88 Å². The van der Waals surface area contributed by atoms with Gasteiger partial charge in [0.25, 0.3) is 0 Å². The highest BCUT2D eigenvalue weighted by atomic mass is 32.1. The second-order valence-electron chi connectivity index (χ2n) is 4.41. The zero-order valence-corrected chi connectivity index (χ0v) is 12.2. The summed E-state index contributed by atoms with van der Waals surface area (Å²) in [6.45, 7) is 3.52. The Bertz CT molecular complexity index is 671. The van der Waals surface area contributed by atoms with E-state index in [0.29, 0.717) is 11.3 Å². The molecule has 0 unspecified atom stereocenters. The van der Waals surface area contributed by atoms with Gasteiger partial charge in [0.1, 0.15) is 0 Å². The molecule has 0 saturated heterocycles. The van der Waals surface area contributed by atoms with Crippen LogP contribution in [0.2, 0.25) is 0 Å². The van der Waals surface area contributed by atoms with E-state index in [2.05, 4.69) is 5.32 Å². The summed E-state index contributed by atoms with van der Waals surface area (Å²) < 4.78 is 0. The lowest BCUT2D eigenvalue weighted by atomic mass is 10.1. The molecule has 0 bridgehead atoms. The SMILES string of the molecule is CC(=O)c1cccc(NC(=O)/C=C/c2ccc(C)s2)c1. The van der Waals surface area contributed by atoms with Crippen LogP contribution in [-0.2, 0) is 4.79 Å². The molecule has 4 heteroatoms. The Balaban J connectivity index is 2.02. The molecule has 2 aromatic rings. The van der Waals surface area contributed by atoms with Crippen LogP contribution in [0, 0.1) is 6.92 Å². The van der Waals surface area contributed by atoms with E-state index in [4.69, 9.17) is 0 Å². The number of benzene rings is 1. The molecule has 1 heterocycles. The van der Waals surface area contributed by atoms with Gasteiger partial charge in [0.05, 0.1) is 0 Å². The van der Waals surface area contributed by atoms with Crippen molar-refractivity contribution in [2.45, 2.75) is 13.8 Å². The van der Waals surface area contributed by atoms with E-state index in [-0.39, 0.29) is 11.7 Å². The molecule has 0 atom stereocenters. The van der Waals surface area contributed by atoms with Crippen LogP contribution in [0.5, 0.6) is 0 Å². The molecule has 0 aliphatic rings. The van der Waals surface area contributed by atoms with Crippen molar-refractivity contribution in [2.24, 2.45) is 0 Å². The fourth-order valence-corrected chi connectivity index (χ4v) is 2.48. The summed E-state index contributed by atoms with van der Waals surface area (Å²) in [6, 6.07) is 10.9. The molecule has 1 N–H and O–H groups in total. The Kier molecular flexibility index (Phi) is 4.48. The Morgan fingerprint density at radius 3 is 2.65 bits per heavy atom. The van der Waals surface area contributed by atoms with Gasteiger partial charge < -0.3 is 5.32 Å². The minimum atomic E-state index is -0.211. The molecule has 1 aromatic heterocycles. The molecule has 20 heavy (non-hydrogen) atoms. The fraction of sp³-hybridized carbons (Fsp3) is 0.125. The molecule has 102 valence electrons. The van der Waals surface area contributed by atoms with Crippen molar-refractivity contribution < 1.29 is 9.59 Å². The first-order valence-corrected chi connectivity index (χ1v) is 7.03. The number of ketones is 1. The fourth-order valence-electron chi connectivity index (χ4n) is 1.70. The minimum Gasteiger partial charge on any atom is -0.322 e. The third-order valence-corrected chi connectivity index (χ3v) is 3.66. The Hall–Kier alpha value is -2.20. The third-order valence-electron chi connectivity index (χ3n) is 2.70. The predicted octanol–water partition coefficient (Wildman–Crippen LogP) is 3.91. The smallest absolute Gasteiger partial charge is 0.248 e. The lowest BCUT2D eigenvalue weighted by molar-refractivity contribution is -0.111. The molecular weight excluding hydrogens is 270 g/mol. The maximum Gasteiger partial charge on any atom is 0.248 e. The number of amides is 1. The van der Waals surface area contributed by atoms with Crippen molar-refractivity contribution in [3.05, 3.63) is 57.8 Å².